The van der Waals surface area contributed by atoms with Crippen LogP contribution in [-0.2, 0) is 4.74 Å². The van der Waals surface area contributed by atoms with Crippen molar-refractivity contribution in [1.29, 1.82) is 5.41 Å². The minimum Gasteiger partial charge on any atom is -0.461 e. The molecule has 0 saturated carbocycles. The molecule has 0 fully saturated rings. The fourth-order valence-corrected chi connectivity index (χ4v) is 1.82. The molecule has 0 atom stereocenters. The van der Waals surface area contributed by atoms with Crippen LogP contribution in [0.25, 0.3) is 6.20 Å². The summed E-state index contributed by atoms with van der Waals surface area (Å²) >= 11 is 3.31. The van der Waals surface area contributed by atoms with E-state index in [1.54, 1.807) is 25.3 Å². The molecule has 1 aromatic heterocycles. The quantitative estimate of drug-likeness (QED) is 0.873. The molecule has 0 spiro atoms. The van der Waals surface area contributed by atoms with Crippen molar-refractivity contribution in [2.75, 3.05) is 6.61 Å². The summed E-state index contributed by atoms with van der Waals surface area (Å²) in [4.78, 5) is 11.8. The third-order valence-electron chi connectivity index (χ3n) is 1.97. The summed E-state index contributed by atoms with van der Waals surface area (Å²) in [6.07, 6.45) is 1.74. The zero-order chi connectivity index (χ0) is 13.0. The van der Waals surface area contributed by atoms with Gasteiger partial charge >= 0.3 is 5.97 Å². The fourth-order valence-electron chi connectivity index (χ4n) is 1.33. The first-order valence-corrected chi connectivity index (χ1v) is 6.04. The molecular formula is C12H15BrN2O2. The Hall–Kier alpha value is -1.36. The van der Waals surface area contributed by atoms with Gasteiger partial charge in [-0.25, -0.2) is 4.79 Å². The Bertz CT molecular complexity index is 514. The molecule has 1 N–H and O–H groups in total. The Morgan fingerprint density at radius 2 is 2.18 bits per heavy atom. The second-order valence-electron chi connectivity index (χ2n) is 3.71. The number of ether oxygens (including phenoxy) is 1. The monoisotopic (exact) mass is 298 g/mol. The summed E-state index contributed by atoms with van der Waals surface area (Å²) in [5, 5.41) is 7.82. The van der Waals surface area contributed by atoms with Gasteiger partial charge in [0.2, 0.25) is 0 Å². The summed E-state index contributed by atoms with van der Waals surface area (Å²) in [5.74, 6) is -0.439. The molecule has 1 rings (SSSR count). The summed E-state index contributed by atoms with van der Waals surface area (Å²) in [5.41, 5.74) is 1.56. The molecule has 0 bridgehead atoms. The second kappa shape index (κ2) is 5.82. The topological polar surface area (TPSA) is 55.1 Å². The van der Waals surface area contributed by atoms with Gasteiger partial charge in [-0.05, 0) is 48.8 Å². The lowest BCUT2D eigenvalue weighted by Gasteiger charge is -2.11. The summed E-state index contributed by atoms with van der Waals surface area (Å²) < 4.78 is 7.11. The van der Waals surface area contributed by atoms with Crippen molar-refractivity contribution in [2.24, 2.45) is 0 Å². The molecule has 0 aliphatic rings. The Morgan fingerprint density at radius 1 is 1.53 bits per heavy atom. The van der Waals surface area contributed by atoms with E-state index in [1.165, 1.54) is 4.57 Å². The molecule has 0 amide bonds. The number of carbonyl (C=O) groups excluding carboxylic acids is 1. The first-order chi connectivity index (χ1) is 7.97. The Labute approximate surface area is 109 Å². The van der Waals surface area contributed by atoms with Crippen molar-refractivity contribution in [1.82, 2.24) is 4.57 Å². The smallest absolute Gasteiger partial charge is 0.356 e. The molecular weight excluding hydrogens is 284 g/mol. The first-order valence-electron chi connectivity index (χ1n) is 5.25. The molecule has 0 aromatic carbocycles. The molecule has 0 saturated heterocycles. The minimum absolute atomic E-state index is 0.234. The van der Waals surface area contributed by atoms with Gasteiger partial charge in [-0.3, -0.25) is 9.98 Å². The van der Waals surface area contributed by atoms with Crippen LogP contribution >= 0.6 is 15.9 Å². The van der Waals surface area contributed by atoms with Crippen molar-refractivity contribution >= 4 is 28.1 Å². The molecule has 0 aliphatic heterocycles. The number of allylic oxidation sites excluding steroid dienone is 1. The van der Waals surface area contributed by atoms with Gasteiger partial charge in [0.25, 0.3) is 0 Å². The Balaban J connectivity index is 3.45. The molecule has 17 heavy (non-hydrogen) atoms. The van der Waals surface area contributed by atoms with Crippen LogP contribution < -0.4 is 5.49 Å². The highest BCUT2D eigenvalue weighted by molar-refractivity contribution is 9.10. The third-order valence-corrected chi connectivity index (χ3v) is 2.61. The van der Waals surface area contributed by atoms with Crippen molar-refractivity contribution < 1.29 is 9.53 Å². The molecule has 92 valence electrons. The summed E-state index contributed by atoms with van der Waals surface area (Å²) in [6.45, 7) is 5.87. The Kier molecular flexibility index (Phi) is 4.69. The maximum absolute atomic E-state index is 11.8. The van der Waals surface area contributed by atoms with Gasteiger partial charge in [0.1, 0.15) is 11.2 Å². The van der Waals surface area contributed by atoms with Crippen molar-refractivity contribution in [3.8, 4) is 0 Å². The zero-order valence-electron chi connectivity index (χ0n) is 10.1. The highest BCUT2D eigenvalue weighted by atomic mass is 79.9. The summed E-state index contributed by atoms with van der Waals surface area (Å²) in [6, 6.07) is 3.29. The van der Waals surface area contributed by atoms with Crippen LogP contribution in [0, 0.1) is 5.41 Å². The average Bonchev–Trinajstić information content (AvgIpc) is 2.23. The first kappa shape index (κ1) is 13.7. The van der Waals surface area contributed by atoms with E-state index in [1.807, 2.05) is 13.8 Å². The lowest BCUT2D eigenvalue weighted by molar-refractivity contribution is 0.0515. The van der Waals surface area contributed by atoms with Crippen LogP contribution in [0.4, 0.5) is 0 Å². The largest absolute Gasteiger partial charge is 0.461 e. The van der Waals surface area contributed by atoms with Crippen LogP contribution in [-0.4, -0.2) is 17.1 Å². The third kappa shape index (κ3) is 3.30. The highest BCUT2D eigenvalue weighted by Crippen LogP contribution is 2.16. The number of rotatable bonds is 3. The predicted molar refractivity (Wildman–Crippen MR) is 69.6 cm³/mol. The zero-order valence-corrected chi connectivity index (χ0v) is 11.7. The molecule has 5 heteroatoms. The number of hydrogen-bond donors (Lipinski definition) is 1. The molecule has 0 radical (unpaired) electrons. The van der Waals surface area contributed by atoms with Crippen LogP contribution in [0.2, 0.25) is 0 Å². The van der Waals surface area contributed by atoms with E-state index in [-0.39, 0.29) is 5.49 Å². The lowest BCUT2D eigenvalue weighted by atomic mass is 10.3. The van der Waals surface area contributed by atoms with E-state index < -0.39 is 5.97 Å². The highest BCUT2D eigenvalue weighted by Gasteiger charge is 2.15. The van der Waals surface area contributed by atoms with Gasteiger partial charge < -0.3 is 4.74 Å². The number of halogens is 1. The SMILES string of the molecule is CCOC(=O)c1c(Br)ccc(=N)n1C=C(C)C. The van der Waals surface area contributed by atoms with Crippen LogP contribution in [0.1, 0.15) is 31.3 Å². The predicted octanol–water partition coefficient (Wildman–Crippen LogP) is 2.79. The van der Waals surface area contributed by atoms with Crippen molar-refractivity contribution in [3.05, 3.63) is 33.4 Å². The van der Waals surface area contributed by atoms with Crippen molar-refractivity contribution in [2.45, 2.75) is 20.8 Å². The van der Waals surface area contributed by atoms with Gasteiger partial charge in [-0.15, -0.1) is 0 Å². The van der Waals surface area contributed by atoms with Gasteiger partial charge in [-0.1, -0.05) is 5.57 Å². The number of nitrogens with one attached hydrogen (secondary N) is 1. The number of pyridine rings is 1. The molecule has 1 heterocycles. The molecule has 1 aromatic rings. The number of nitrogens with zero attached hydrogens (tertiary/aromatic N) is 1. The van der Waals surface area contributed by atoms with Crippen LogP contribution in [0.3, 0.4) is 0 Å². The lowest BCUT2D eigenvalue weighted by Crippen LogP contribution is -2.23. The Morgan fingerprint density at radius 3 is 2.71 bits per heavy atom. The number of esters is 1. The minimum atomic E-state index is -0.439. The van der Waals surface area contributed by atoms with Crippen molar-refractivity contribution in [3.63, 3.8) is 0 Å². The van der Waals surface area contributed by atoms with Gasteiger partial charge in [0.15, 0.2) is 0 Å². The maximum atomic E-state index is 11.8. The summed E-state index contributed by atoms with van der Waals surface area (Å²) in [7, 11) is 0. The van der Waals surface area contributed by atoms with E-state index in [2.05, 4.69) is 15.9 Å². The van der Waals surface area contributed by atoms with Gasteiger partial charge in [0, 0.05) is 10.7 Å². The number of aromatic nitrogens is 1. The van der Waals surface area contributed by atoms with E-state index >= 15 is 0 Å². The van der Waals surface area contributed by atoms with E-state index in [9.17, 15) is 4.79 Å². The number of hydrogen-bond acceptors (Lipinski definition) is 3. The van der Waals surface area contributed by atoms with E-state index in [0.717, 1.165) is 5.57 Å². The van der Waals surface area contributed by atoms with Gasteiger partial charge in [-0.2, -0.15) is 0 Å². The molecule has 0 unspecified atom stereocenters. The fraction of sp³-hybridized carbons (Fsp3) is 0.333. The second-order valence-corrected chi connectivity index (χ2v) is 4.57. The van der Waals surface area contributed by atoms with E-state index in [4.69, 9.17) is 10.1 Å². The molecule has 4 nitrogen and oxygen atoms in total. The normalized spacial score (nSPS) is 9.88. The van der Waals surface area contributed by atoms with E-state index in [0.29, 0.717) is 16.8 Å². The standard InChI is InChI=1S/C12H15BrN2O2/c1-4-17-12(16)11-9(13)5-6-10(14)15(11)7-8(2)3/h5-7,14H,4H2,1-3H3. The molecule has 0 aliphatic carbocycles. The van der Waals surface area contributed by atoms with Crippen LogP contribution in [0.15, 0.2) is 22.2 Å². The maximum Gasteiger partial charge on any atom is 0.356 e. The number of carbonyl (C=O) groups is 1. The average molecular weight is 299 g/mol. The van der Waals surface area contributed by atoms with Gasteiger partial charge in [0.05, 0.1) is 6.61 Å². The van der Waals surface area contributed by atoms with Crippen LogP contribution in [0.5, 0.6) is 0 Å².